The van der Waals surface area contributed by atoms with E-state index in [1.165, 1.54) is 11.3 Å². The molecular formula is C21H22BrN3O. The van der Waals surface area contributed by atoms with E-state index in [9.17, 15) is 0 Å². The summed E-state index contributed by atoms with van der Waals surface area (Å²) in [5, 5.41) is 8.36. The van der Waals surface area contributed by atoms with Crippen LogP contribution < -0.4 is 5.32 Å². The molecule has 26 heavy (non-hydrogen) atoms. The van der Waals surface area contributed by atoms with Crippen LogP contribution in [-0.4, -0.2) is 15.8 Å². The minimum absolute atomic E-state index is 0.359. The molecule has 0 unspecified atom stereocenters. The fourth-order valence-electron chi connectivity index (χ4n) is 3.76. The summed E-state index contributed by atoms with van der Waals surface area (Å²) in [5.74, 6) is 1.36. The highest BCUT2D eigenvalue weighted by Gasteiger charge is 2.26. The average molecular weight is 412 g/mol. The molecule has 1 aliphatic rings. The maximum atomic E-state index is 5.40. The quantitative estimate of drug-likeness (QED) is 0.597. The zero-order chi connectivity index (χ0) is 18.1. The molecule has 0 radical (unpaired) electrons. The molecule has 0 aliphatic heterocycles. The third-order valence-corrected chi connectivity index (χ3v) is 5.47. The molecule has 2 heterocycles. The fraction of sp³-hybridized carbons (Fsp3) is 0.286. The van der Waals surface area contributed by atoms with Crippen LogP contribution in [0.15, 0.2) is 63.7 Å². The van der Waals surface area contributed by atoms with Gasteiger partial charge in [0.15, 0.2) is 0 Å². The van der Waals surface area contributed by atoms with Gasteiger partial charge in [-0.3, -0.25) is 0 Å². The van der Waals surface area contributed by atoms with Gasteiger partial charge in [0.1, 0.15) is 5.76 Å². The normalized spacial score (nSPS) is 19.3. The van der Waals surface area contributed by atoms with Gasteiger partial charge in [-0.05, 0) is 50.6 Å². The van der Waals surface area contributed by atoms with Crippen molar-refractivity contribution in [2.75, 3.05) is 0 Å². The highest BCUT2D eigenvalue weighted by Crippen LogP contribution is 2.34. The molecule has 0 spiro atoms. The van der Waals surface area contributed by atoms with E-state index in [2.05, 4.69) is 59.4 Å². The second-order valence-electron chi connectivity index (χ2n) is 6.77. The molecule has 0 amide bonds. The third kappa shape index (κ3) is 3.41. The lowest BCUT2D eigenvalue weighted by Crippen LogP contribution is -2.25. The van der Waals surface area contributed by atoms with Crippen LogP contribution in [0.5, 0.6) is 0 Å². The van der Waals surface area contributed by atoms with E-state index in [-0.39, 0.29) is 0 Å². The van der Waals surface area contributed by atoms with Crippen LogP contribution in [-0.2, 0) is 6.54 Å². The summed E-state index contributed by atoms with van der Waals surface area (Å²) in [4.78, 5) is 0. The van der Waals surface area contributed by atoms with Gasteiger partial charge in [-0.1, -0.05) is 34.1 Å². The van der Waals surface area contributed by atoms with Gasteiger partial charge in [0, 0.05) is 27.7 Å². The SMILES string of the molecule is Cc1nn(-c2cccc(Br)c2)c(C)c1[C@H]1C=C[C@@H](NCc2ccco2)C1. The van der Waals surface area contributed by atoms with Crippen molar-refractivity contribution < 1.29 is 4.42 Å². The number of benzene rings is 1. The standard InChI is InChI=1S/C21H22BrN3O/c1-14-21(15(2)25(24-14)19-6-3-5-17(22)12-19)16-8-9-18(11-16)23-13-20-7-4-10-26-20/h3-10,12,16,18,23H,11,13H2,1-2H3/t16-,18+/m0/s1. The lowest BCUT2D eigenvalue weighted by Gasteiger charge is -2.14. The highest BCUT2D eigenvalue weighted by molar-refractivity contribution is 9.10. The molecule has 1 aliphatic carbocycles. The van der Waals surface area contributed by atoms with Crippen molar-refractivity contribution in [2.45, 2.75) is 38.8 Å². The first kappa shape index (κ1) is 17.3. The number of aromatic nitrogens is 2. The molecule has 3 aromatic rings. The topological polar surface area (TPSA) is 43.0 Å². The van der Waals surface area contributed by atoms with E-state index in [0.717, 1.165) is 34.6 Å². The van der Waals surface area contributed by atoms with Crippen molar-refractivity contribution in [1.29, 1.82) is 0 Å². The predicted molar refractivity (Wildman–Crippen MR) is 107 cm³/mol. The molecule has 134 valence electrons. The van der Waals surface area contributed by atoms with E-state index in [1.807, 2.05) is 28.9 Å². The van der Waals surface area contributed by atoms with E-state index in [1.54, 1.807) is 6.26 Å². The Hall–Kier alpha value is -2.11. The molecule has 4 nitrogen and oxygen atoms in total. The van der Waals surface area contributed by atoms with Crippen LogP contribution in [0, 0.1) is 13.8 Å². The molecule has 2 aromatic heterocycles. The molecule has 5 heteroatoms. The van der Waals surface area contributed by atoms with Crippen LogP contribution in [0.1, 0.15) is 35.1 Å². The second kappa shape index (κ2) is 7.25. The predicted octanol–water partition coefficient (Wildman–Crippen LogP) is 5.05. The number of nitrogens with one attached hydrogen (secondary N) is 1. The Bertz CT molecular complexity index is 927. The summed E-state index contributed by atoms with van der Waals surface area (Å²) in [6, 6.07) is 12.5. The number of hydrogen-bond donors (Lipinski definition) is 1. The minimum Gasteiger partial charge on any atom is -0.468 e. The Balaban J connectivity index is 1.51. The number of halogens is 1. The highest BCUT2D eigenvalue weighted by atomic mass is 79.9. The van der Waals surface area contributed by atoms with Gasteiger partial charge >= 0.3 is 0 Å². The monoisotopic (exact) mass is 411 g/mol. The summed E-state index contributed by atoms with van der Waals surface area (Å²) in [7, 11) is 0. The molecule has 0 saturated heterocycles. The second-order valence-corrected chi connectivity index (χ2v) is 7.69. The Morgan fingerprint density at radius 3 is 2.88 bits per heavy atom. The number of aryl methyl sites for hydroxylation is 1. The van der Waals surface area contributed by atoms with Crippen molar-refractivity contribution >= 4 is 15.9 Å². The van der Waals surface area contributed by atoms with Gasteiger partial charge in [0.05, 0.1) is 24.2 Å². The van der Waals surface area contributed by atoms with Crippen molar-refractivity contribution in [3.05, 3.63) is 82.0 Å². The largest absolute Gasteiger partial charge is 0.468 e. The van der Waals surface area contributed by atoms with E-state index >= 15 is 0 Å². The number of furan rings is 1. The first-order valence-corrected chi connectivity index (χ1v) is 9.67. The smallest absolute Gasteiger partial charge is 0.117 e. The lowest BCUT2D eigenvalue weighted by molar-refractivity contribution is 0.461. The first-order valence-electron chi connectivity index (χ1n) is 8.88. The molecular weight excluding hydrogens is 390 g/mol. The Morgan fingerprint density at radius 1 is 1.23 bits per heavy atom. The summed E-state index contributed by atoms with van der Waals surface area (Å²) in [6.45, 7) is 5.02. The molecule has 2 atom stereocenters. The van der Waals surface area contributed by atoms with Gasteiger partial charge in [0.25, 0.3) is 0 Å². The van der Waals surface area contributed by atoms with Crippen LogP contribution in [0.2, 0.25) is 0 Å². The van der Waals surface area contributed by atoms with Gasteiger partial charge in [-0.25, -0.2) is 4.68 Å². The Labute approximate surface area is 162 Å². The van der Waals surface area contributed by atoms with Crippen LogP contribution in [0.4, 0.5) is 0 Å². The number of rotatable bonds is 5. The molecule has 0 fully saturated rings. The Kier molecular flexibility index (Phi) is 4.83. The van der Waals surface area contributed by atoms with Crippen LogP contribution in [0.3, 0.4) is 0 Å². The van der Waals surface area contributed by atoms with E-state index in [0.29, 0.717) is 12.0 Å². The summed E-state index contributed by atoms with van der Waals surface area (Å²) in [6.07, 6.45) is 7.34. The molecule has 1 N–H and O–H groups in total. The summed E-state index contributed by atoms with van der Waals surface area (Å²) >= 11 is 3.55. The molecule has 0 bridgehead atoms. The van der Waals surface area contributed by atoms with E-state index in [4.69, 9.17) is 9.52 Å². The van der Waals surface area contributed by atoms with Gasteiger partial charge in [-0.2, -0.15) is 5.10 Å². The van der Waals surface area contributed by atoms with Gasteiger partial charge in [-0.15, -0.1) is 0 Å². The lowest BCUT2D eigenvalue weighted by atomic mass is 9.96. The zero-order valence-corrected chi connectivity index (χ0v) is 16.5. The fourth-order valence-corrected chi connectivity index (χ4v) is 4.15. The number of allylic oxidation sites excluding steroid dienone is 1. The summed E-state index contributed by atoms with van der Waals surface area (Å²) in [5.41, 5.74) is 4.73. The molecule has 0 saturated carbocycles. The summed E-state index contributed by atoms with van der Waals surface area (Å²) < 4.78 is 8.51. The van der Waals surface area contributed by atoms with Crippen molar-refractivity contribution in [1.82, 2.24) is 15.1 Å². The minimum atomic E-state index is 0.359. The molecule has 1 aromatic carbocycles. The van der Waals surface area contributed by atoms with Crippen LogP contribution >= 0.6 is 15.9 Å². The maximum Gasteiger partial charge on any atom is 0.117 e. The Morgan fingerprint density at radius 2 is 2.12 bits per heavy atom. The first-order chi connectivity index (χ1) is 12.6. The van der Waals surface area contributed by atoms with E-state index < -0.39 is 0 Å². The van der Waals surface area contributed by atoms with Crippen molar-refractivity contribution in [3.8, 4) is 5.69 Å². The average Bonchev–Trinajstić information content (AvgIpc) is 3.34. The zero-order valence-electron chi connectivity index (χ0n) is 14.9. The van der Waals surface area contributed by atoms with Crippen molar-refractivity contribution in [3.63, 3.8) is 0 Å². The number of nitrogens with zero attached hydrogens (tertiary/aromatic N) is 2. The molecule has 4 rings (SSSR count). The van der Waals surface area contributed by atoms with Crippen LogP contribution in [0.25, 0.3) is 5.69 Å². The number of hydrogen-bond acceptors (Lipinski definition) is 3. The van der Waals surface area contributed by atoms with Gasteiger partial charge in [0.2, 0.25) is 0 Å². The maximum absolute atomic E-state index is 5.40. The van der Waals surface area contributed by atoms with Crippen molar-refractivity contribution in [2.24, 2.45) is 0 Å². The third-order valence-electron chi connectivity index (χ3n) is 4.97. The van der Waals surface area contributed by atoms with Gasteiger partial charge < -0.3 is 9.73 Å².